The first-order valence-corrected chi connectivity index (χ1v) is 7.69. The second-order valence-corrected chi connectivity index (χ2v) is 6.11. The molecule has 0 unspecified atom stereocenters. The number of thiazole rings is 1. The normalized spacial score (nSPS) is 10.7. The van der Waals surface area contributed by atoms with Gasteiger partial charge in [-0.15, -0.1) is 0 Å². The fourth-order valence-electron chi connectivity index (χ4n) is 2.12. The SMILES string of the molecule is Cc1ccc(C(=O)Nc2nc(C)c(-c3nccn3C)s2)cc1. The van der Waals surface area contributed by atoms with Crippen molar-refractivity contribution < 1.29 is 4.79 Å². The molecule has 0 fully saturated rings. The molecule has 0 saturated heterocycles. The lowest BCUT2D eigenvalue weighted by Crippen LogP contribution is -2.11. The third-order valence-electron chi connectivity index (χ3n) is 3.36. The Morgan fingerprint density at radius 1 is 1.23 bits per heavy atom. The van der Waals surface area contributed by atoms with E-state index in [9.17, 15) is 4.79 Å². The van der Waals surface area contributed by atoms with Crippen molar-refractivity contribution in [2.75, 3.05) is 5.32 Å². The highest BCUT2D eigenvalue weighted by Gasteiger charge is 2.15. The summed E-state index contributed by atoms with van der Waals surface area (Å²) < 4.78 is 1.94. The van der Waals surface area contributed by atoms with Gasteiger partial charge in [0, 0.05) is 25.0 Å². The highest BCUT2D eigenvalue weighted by molar-refractivity contribution is 7.19. The molecule has 2 aromatic heterocycles. The van der Waals surface area contributed by atoms with Crippen LogP contribution < -0.4 is 5.32 Å². The number of nitrogens with zero attached hydrogens (tertiary/aromatic N) is 3. The standard InChI is InChI=1S/C16H16N4OS/c1-10-4-6-12(7-5-10)15(21)19-16-18-11(2)13(22-16)14-17-8-9-20(14)3/h4-9H,1-3H3,(H,18,19,21). The molecule has 3 aromatic rings. The lowest BCUT2D eigenvalue weighted by Gasteiger charge is -2.01. The number of aromatic nitrogens is 3. The minimum Gasteiger partial charge on any atom is -0.333 e. The Bertz CT molecular complexity index is 817. The minimum atomic E-state index is -0.153. The lowest BCUT2D eigenvalue weighted by atomic mass is 10.1. The molecule has 0 aliphatic rings. The van der Waals surface area contributed by atoms with Gasteiger partial charge in [-0.2, -0.15) is 0 Å². The van der Waals surface area contributed by atoms with Gasteiger partial charge in [-0.05, 0) is 26.0 Å². The first-order valence-electron chi connectivity index (χ1n) is 6.88. The number of aryl methyl sites for hydroxylation is 3. The van der Waals surface area contributed by atoms with Crippen LogP contribution in [0.25, 0.3) is 10.7 Å². The van der Waals surface area contributed by atoms with Crippen molar-refractivity contribution in [3.63, 3.8) is 0 Å². The summed E-state index contributed by atoms with van der Waals surface area (Å²) in [6.07, 6.45) is 3.64. The van der Waals surface area contributed by atoms with Crippen LogP contribution in [0.3, 0.4) is 0 Å². The van der Waals surface area contributed by atoms with Crippen molar-refractivity contribution in [1.29, 1.82) is 0 Å². The number of nitrogens with one attached hydrogen (secondary N) is 1. The number of imidazole rings is 1. The van der Waals surface area contributed by atoms with E-state index in [1.165, 1.54) is 11.3 Å². The van der Waals surface area contributed by atoms with Crippen LogP contribution in [-0.2, 0) is 7.05 Å². The molecule has 0 saturated carbocycles. The summed E-state index contributed by atoms with van der Waals surface area (Å²) in [7, 11) is 1.94. The van der Waals surface area contributed by atoms with Crippen LogP contribution in [0.1, 0.15) is 21.6 Å². The molecule has 1 amide bonds. The summed E-state index contributed by atoms with van der Waals surface area (Å²) in [5.74, 6) is 0.700. The monoisotopic (exact) mass is 312 g/mol. The average molecular weight is 312 g/mol. The summed E-state index contributed by atoms with van der Waals surface area (Å²) >= 11 is 1.43. The lowest BCUT2D eigenvalue weighted by molar-refractivity contribution is 0.102. The van der Waals surface area contributed by atoms with Crippen LogP contribution in [-0.4, -0.2) is 20.4 Å². The van der Waals surface area contributed by atoms with Crippen molar-refractivity contribution in [1.82, 2.24) is 14.5 Å². The van der Waals surface area contributed by atoms with Gasteiger partial charge in [0.25, 0.3) is 5.91 Å². The molecule has 5 nitrogen and oxygen atoms in total. The summed E-state index contributed by atoms with van der Waals surface area (Å²) in [6.45, 7) is 3.91. The second-order valence-electron chi connectivity index (χ2n) is 5.12. The number of rotatable bonds is 3. The van der Waals surface area contributed by atoms with Crippen molar-refractivity contribution in [3.8, 4) is 10.7 Å². The van der Waals surface area contributed by atoms with Crippen molar-refractivity contribution in [3.05, 3.63) is 53.5 Å². The van der Waals surface area contributed by atoms with Gasteiger partial charge in [-0.25, -0.2) is 9.97 Å². The molecule has 1 N–H and O–H groups in total. The van der Waals surface area contributed by atoms with Gasteiger partial charge in [0.1, 0.15) is 0 Å². The Balaban J connectivity index is 1.83. The van der Waals surface area contributed by atoms with Crippen molar-refractivity contribution >= 4 is 22.4 Å². The van der Waals surface area contributed by atoms with E-state index in [4.69, 9.17) is 0 Å². The minimum absolute atomic E-state index is 0.153. The van der Waals surface area contributed by atoms with E-state index in [1.807, 2.05) is 55.9 Å². The Morgan fingerprint density at radius 3 is 2.59 bits per heavy atom. The van der Waals surface area contributed by atoms with E-state index >= 15 is 0 Å². The topological polar surface area (TPSA) is 59.8 Å². The Kier molecular flexibility index (Phi) is 3.77. The number of carbonyl (C=O) groups excluding carboxylic acids is 1. The molecule has 0 spiro atoms. The van der Waals surface area contributed by atoms with Crippen LogP contribution in [0.5, 0.6) is 0 Å². The third-order valence-corrected chi connectivity index (χ3v) is 4.42. The molecule has 0 atom stereocenters. The number of hydrogen-bond acceptors (Lipinski definition) is 4. The van der Waals surface area contributed by atoms with E-state index < -0.39 is 0 Å². The zero-order valence-corrected chi connectivity index (χ0v) is 13.4. The molecule has 22 heavy (non-hydrogen) atoms. The van der Waals surface area contributed by atoms with E-state index in [-0.39, 0.29) is 5.91 Å². The molecule has 0 radical (unpaired) electrons. The first kappa shape index (κ1) is 14.5. The van der Waals surface area contributed by atoms with Crippen molar-refractivity contribution in [2.45, 2.75) is 13.8 Å². The van der Waals surface area contributed by atoms with Gasteiger partial charge < -0.3 is 4.57 Å². The maximum atomic E-state index is 12.2. The predicted octanol–water partition coefficient (Wildman–Crippen LogP) is 3.41. The molecule has 2 heterocycles. The molecule has 0 aliphatic heterocycles. The number of anilines is 1. The maximum absolute atomic E-state index is 12.2. The van der Waals surface area contributed by atoms with Crippen molar-refractivity contribution in [2.24, 2.45) is 7.05 Å². The van der Waals surface area contributed by atoms with Crippen LogP contribution in [0.15, 0.2) is 36.7 Å². The van der Waals surface area contributed by atoms with Crippen LogP contribution in [0.2, 0.25) is 0 Å². The molecule has 6 heteroatoms. The smallest absolute Gasteiger partial charge is 0.257 e. The van der Waals surface area contributed by atoms with E-state index in [0.717, 1.165) is 22.0 Å². The summed E-state index contributed by atoms with van der Waals surface area (Å²) in [5, 5.41) is 3.44. The molecular weight excluding hydrogens is 296 g/mol. The van der Waals surface area contributed by atoms with E-state index in [0.29, 0.717) is 10.7 Å². The van der Waals surface area contributed by atoms with Crippen LogP contribution in [0, 0.1) is 13.8 Å². The molecule has 1 aromatic carbocycles. The second kappa shape index (κ2) is 5.73. The quantitative estimate of drug-likeness (QED) is 0.806. The van der Waals surface area contributed by atoms with Gasteiger partial charge >= 0.3 is 0 Å². The summed E-state index contributed by atoms with van der Waals surface area (Å²) in [6, 6.07) is 7.46. The van der Waals surface area contributed by atoms with Gasteiger partial charge in [0.05, 0.1) is 10.6 Å². The first-order chi connectivity index (χ1) is 10.5. The fourth-order valence-corrected chi connectivity index (χ4v) is 3.12. The molecule has 0 aliphatic carbocycles. The highest BCUT2D eigenvalue weighted by Crippen LogP contribution is 2.31. The zero-order valence-electron chi connectivity index (χ0n) is 12.6. The number of benzene rings is 1. The van der Waals surface area contributed by atoms with Crippen LogP contribution >= 0.6 is 11.3 Å². The number of carbonyl (C=O) groups is 1. The molecule has 112 valence electrons. The van der Waals surface area contributed by atoms with Gasteiger partial charge in [0.2, 0.25) is 0 Å². The highest BCUT2D eigenvalue weighted by atomic mass is 32.1. The summed E-state index contributed by atoms with van der Waals surface area (Å²) in [5.41, 5.74) is 2.61. The molecular formula is C16H16N4OS. The zero-order chi connectivity index (χ0) is 15.7. The largest absolute Gasteiger partial charge is 0.333 e. The predicted molar refractivity (Wildman–Crippen MR) is 88.2 cm³/mol. The van der Waals surface area contributed by atoms with E-state index in [2.05, 4.69) is 15.3 Å². The van der Waals surface area contributed by atoms with Gasteiger partial charge in [-0.3, -0.25) is 10.1 Å². The Morgan fingerprint density at radius 2 is 1.95 bits per heavy atom. The average Bonchev–Trinajstić information content (AvgIpc) is 3.05. The van der Waals surface area contributed by atoms with E-state index in [1.54, 1.807) is 6.20 Å². The fraction of sp³-hybridized carbons (Fsp3) is 0.188. The Hall–Kier alpha value is -2.47. The Labute approximate surface area is 132 Å². The third kappa shape index (κ3) is 2.78. The van der Waals surface area contributed by atoms with Crippen LogP contribution in [0.4, 0.5) is 5.13 Å². The van der Waals surface area contributed by atoms with Gasteiger partial charge in [0.15, 0.2) is 11.0 Å². The summed E-state index contributed by atoms with van der Waals surface area (Å²) in [4.78, 5) is 22.0. The number of hydrogen-bond donors (Lipinski definition) is 1. The molecule has 0 bridgehead atoms. The number of amides is 1. The molecule has 3 rings (SSSR count). The maximum Gasteiger partial charge on any atom is 0.257 e. The van der Waals surface area contributed by atoms with Gasteiger partial charge in [-0.1, -0.05) is 29.0 Å².